The highest BCUT2D eigenvalue weighted by Crippen LogP contribution is 2.32. The number of aliphatic carboxylic acids is 1. The van der Waals surface area contributed by atoms with Crippen LogP contribution in [0, 0.1) is 5.92 Å². The number of carbonyl (C=O) groups is 2. The molecule has 1 aliphatic carbocycles. The summed E-state index contributed by atoms with van der Waals surface area (Å²) in [5.41, 5.74) is 0.691. The van der Waals surface area contributed by atoms with Gasteiger partial charge in [0, 0.05) is 6.42 Å². The van der Waals surface area contributed by atoms with Crippen LogP contribution in [-0.4, -0.2) is 28.1 Å². The largest absolute Gasteiger partial charge is 0.508 e. The van der Waals surface area contributed by atoms with E-state index in [-0.39, 0.29) is 24.0 Å². The Labute approximate surface area is 111 Å². The zero-order chi connectivity index (χ0) is 13.8. The highest BCUT2D eigenvalue weighted by Gasteiger charge is 2.37. The first-order chi connectivity index (χ1) is 9.08. The maximum Gasteiger partial charge on any atom is 0.326 e. The van der Waals surface area contributed by atoms with Crippen LogP contribution in [0.2, 0.25) is 0 Å². The standard InChI is InChI=1S/C14H17NO4/c16-11-4-2-1-3-9(11)7-8-12(17)15-13(14(18)19)10-5-6-10/h1-4,10,13,16H,5-8H2,(H,15,17)(H,18,19). The van der Waals surface area contributed by atoms with Crippen molar-refractivity contribution in [3.05, 3.63) is 29.8 Å². The number of benzene rings is 1. The third-order valence-electron chi connectivity index (χ3n) is 3.29. The molecule has 0 bridgehead atoms. The van der Waals surface area contributed by atoms with Crippen molar-refractivity contribution in [2.45, 2.75) is 31.7 Å². The first-order valence-corrected chi connectivity index (χ1v) is 6.37. The Bertz CT molecular complexity index is 482. The number of aryl methyl sites for hydroxylation is 1. The molecule has 3 N–H and O–H groups in total. The lowest BCUT2D eigenvalue weighted by Gasteiger charge is -2.13. The number of amides is 1. The van der Waals surface area contributed by atoms with E-state index in [4.69, 9.17) is 5.11 Å². The third kappa shape index (κ3) is 3.71. The first-order valence-electron chi connectivity index (χ1n) is 6.37. The van der Waals surface area contributed by atoms with Crippen molar-refractivity contribution in [3.8, 4) is 5.75 Å². The van der Waals surface area contributed by atoms with Crippen molar-refractivity contribution in [2.75, 3.05) is 0 Å². The molecular weight excluding hydrogens is 246 g/mol. The van der Waals surface area contributed by atoms with Gasteiger partial charge in [0.25, 0.3) is 0 Å². The smallest absolute Gasteiger partial charge is 0.326 e. The van der Waals surface area contributed by atoms with E-state index in [0.29, 0.717) is 12.0 Å². The minimum atomic E-state index is -0.974. The highest BCUT2D eigenvalue weighted by molar-refractivity contribution is 5.84. The van der Waals surface area contributed by atoms with E-state index in [9.17, 15) is 14.7 Å². The molecule has 1 aromatic carbocycles. The van der Waals surface area contributed by atoms with Crippen LogP contribution >= 0.6 is 0 Å². The summed E-state index contributed by atoms with van der Waals surface area (Å²) in [6.45, 7) is 0. The van der Waals surface area contributed by atoms with Crippen LogP contribution in [0.25, 0.3) is 0 Å². The predicted octanol–water partition coefficient (Wildman–Crippen LogP) is 1.30. The molecule has 5 nitrogen and oxygen atoms in total. The lowest BCUT2D eigenvalue weighted by Crippen LogP contribution is -2.42. The Morgan fingerprint density at radius 3 is 2.58 bits per heavy atom. The van der Waals surface area contributed by atoms with Crippen LogP contribution in [0.5, 0.6) is 5.75 Å². The molecule has 2 rings (SSSR count). The molecule has 19 heavy (non-hydrogen) atoms. The molecule has 1 saturated carbocycles. The van der Waals surface area contributed by atoms with Gasteiger partial charge >= 0.3 is 5.97 Å². The molecule has 1 fully saturated rings. The van der Waals surface area contributed by atoms with Gasteiger partial charge in [-0.05, 0) is 36.8 Å². The molecular formula is C14H17NO4. The van der Waals surface area contributed by atoms with E-state index >= 15 is 0 Å². The number of carbonyl (C=O) groups excluding carboxylic acids is 1. The second-order valence-electron chi connectivity index (χ2n) is 4.85. The number of phenolic OH excluding ortho intramolecular Hbond substituents is 1. The van der Waals surface area contributed by atoms with Crippen molar-refractivity contribution in [1.82, 2.24) is 5.32 Å². The number of carboxylic acid groups (broad SMARTS) is 1. The average molecular weight is 263 g/mol. The number of nitrogens with one attached hydrogen (secondary N) is 1. The summed E-state index contributed by atoms with van der Waals surface area (Å²) < 4.78 is 0. The summed E-state index contributed by atoms with van der Waals surface area (Å²) in [6.07, 6.45) is 2.29. The van der Waals surface area contributed by atoms with E-state index in [2.05, 4.69) is 5.32 Å². The molecule has 1 amide bonds. The van der Waals surface area contributed by atoms with Gasteiger partial charge in [0.05, 0.1) is 0 Å². The molecule has 102 valence electrons. The molecule has 1 aromatic rings. The SMILES string of the molecule is O=C(CCc1ccccc1O)NC(C(=O)O)C1CC1. The van der Waals surface area contributed by atoms with Gasteiger partial charge in [-0.2, -0.15) is 0 Å². The summed E-state index contributed by atoms with van der Waals surface area (Å²) in [7, 11) is 0. The fourth-order valence-electron chi connectivity index (χ4n) is 2.03. The summed E-state index contributed by atoms with van der Waals surface area (Å²) in [5.74, 6) is -1.03. The van der Waals surface area contributed by atoms with Crippen LogP contribution < -0.4 is 5.32 Å². The first kappa shape index (κ1) is 13.4. The van der Waals surface area contributed by atoms with E-state index in [1.54, 1.807) is 24.3 Å². The van der Waals surface area contributed by atoms with Gasteiger partial charge in [-0.15, -0.1) is 0 Å². The Kier molecular flexibility index (Phi) is 4.04. The van der Waals surface area contributed by atoms with Gasteiger partial charge in [0.2, 0.25) is 5.91 Å². The van der Waals surface area contributed by atoms with Gasteiger partial charge in [0.1, 0.15) is 11.8 Å². The molecule has 0 radical (unpaired) electrons. The molecule has 0 heterocycles. The fourth-order valence-corrected chi connectivity index (χ4v) is 2.03. The van der Waals surface area contributed by atoms with Gasteiger partial charge in [-0.1, -0.05) is 18.2 Å². The molecule has 5 heteroatoms. The van der Waals surface area contributed by atoms with Crippen LogP contribution in [0.1, 0.15) is 24.8 Å². The quantitative estimate of drug-likeness (QED) is 0.722. The van der Waals surface area contributed by atoms with Crippen molar-refractivity contribution in [1.29, 1.82) is 0 Å². The Balaban J connectivity index is 1.84. The molecule has 0 aromatic heterocycles. The Hall–Kier alpha value is -2.04. The number of aromatic hydroxyl groups is 1. The monoisotopic (exact) mass is 263 g/mol. The van der Waals surface area contributed by atoms with Gasteiger partial charge in [-0.25, -0.2) is 4.79 Å². The average Bonchev–Trinajstić information content (AvgIpc) is 3.19. The maximum absolute atomic E-state index is 11.7. The molecule has 1 aliphatic rings. The number of rotatable bonds is 6. The number of hydrogen-bond acceptors (Lipinski definition) is 3. The zero-order valence-corrected chi connectivity index (χ0v) is 10.5. The van der Waals surface area contributed by atoms with Crippen LogP contribution in [0.15, 0.2) is 24.3 Å². The summed E-state index contributed by atoms with van der Waals surface area (Å²) in [5, 5.41) is 21.1. The van der Waals surface area contributed by atoms with Crippen molar-refractivity contribution in [2.24, 2.45) is 5.92 Å². The maximum atomic E-state index is 11.7. The lowest BCUT2D eigenvalue weighted by atomic mass is 10.1. The van der Waals surface area contributed by atoms with E-state index < -0.39 is 12.0 Å². The van der Waals surface area contributed by atoms with Gasteiger partial charge in [-0.3, -0.25) is 4.79 Å². The van der Waals surface area contributed by atoms with E-state index in [1.165, 1.54) is 0 Å². The predicted molar refractivity (Wildman–Crippen MR) is 68.7 cm³/mol. The second kappa shape index (κ2) is 5.73. The Morgan fingerprint density at radius 2 is 2.00 bits per heavy atom. The summed E-state index contributed by atoms with van der Waals surface area (Å²) >= 11 is 0. The van der Waals surface area contributed by atoms with Gasteiger partial charge < -0.3 is 15.5 Å². The highest BCUT2D eigenvalue weighted by atomic mass is 16.4. The fraction of sp³-hybridized carbons (Fsp3) is 0.429. The van der Waals surface area contributed by atoms with Crippen LogP contribution in [0.4, 0.5) is 0 Å². The second-order valence-corrected chi connectivity index (χ2v) is 4.85. The molecule has 0 aliphatic heterocycles. The lowest BCUT2D eigenvalue weighted by molar-refractivity contribution is -0.142. The third-order valence-corrected chi connectivity index (χ3v) is 3.29. The summed E-state index contributed by atoms with van der Waals surface area (Å²) in [4.78, 5) is 22.7. The molecule has 1 atom stereocenters. The number of hydrogen-bond donors (Lipinski definition) is 3. The topological polar surface area (TPSA) is 86.6 Å². The zero-order valence-electron chi connectivity index (χ0n) is 10.5. The summed E-state index contributed by atoms with van der Waals surface area (Å²) in [6, 6.07) is 6.05. The van der Waals surface area contributed by atoms with Crippen molar-refractivity contribution in [3.63, 3.8) is 0 Å². The van der Waals surface area contributed by atoms with Crippen molar-refractivity contribution >= 4 is 11.9 Å². The van der Waals surface area contributed by atoms with Crippen LogP contribution in [-0.2, 0) is 16.0 Å². The van der Waals surface area contributed by atoms with E-state index in [0.717, 1.165) is 12.8 Å². The van der Waals surface area contributed by atoms with Crippen LogP contribution in [0.3, 0.4) is 0 Å². The minimum absolute atomic E-state index is 0.0755. The number of para-hydroxylation sites is 1. The molecule has 0 spiro atoms. The number of phenols is 1. The van der Waals surface area contributed by atoms with E-state index in [1.807, 2.05) is 0 Å². The number of carboxylic acids is 1. The molecule has 1 unspecified atom stereocenters. The van der Waals surface area contributed by atoms with Crippen molar-refractivity contribution < 1.29 is 19.8 Å². The van der Waals surface area contributed by atoms with Gasteiger partial charge in [0.15, 0.2) is 0 Å². The molecule has 0 saturated heterocycles. The minimum Gasteiger partial charge on any atom is -0.508 e. The normalized spacial score (nSPS) is 15.8. The Morgan fingerprint density at radius 1 is 1.32 bits per heavy atom.